The fourth-order valence-corrected chi connectivity index (χ4v) is 2.23. The summed E-state index contributed by atoms with van der Waals surface area (Å²) in [5.74, 6) is -0.376. The van der Waals surface area contributed by atoms with Gasteiger partial charge in [0.25, 0.3) is 11.5 Å². The Hall–Kier alpha value is -3.29. The molecule has 0 fully saturated rings. The summed E-state index contributed by atoms with van der Waals surface area (Å²) in [6.07, 6.45) is 3.23. The van der Waals surface area contributed by atoms with Crippen LogP contribution < -0.4 is 10.9 Å². The third-order valence-corrected chi connectivity index (χ3v) is 3.48. The van der Waals surface area contributed by atoms with E-state index >= 15 is 0 Å². The molecule has 0 saturated heterocycles. The van der Waals surface area contributed by atoms with Gasteiger partial charge in [0.2, 0.25) is 0 Å². The highest BCUT2D eigenvalue weighted by molar-refractivity contribution is 6.02. The Bertz CT molecular complexity index is 977. The third-order valence-electron chi connectivity index (χ3n) is 3.48. The largest absolute Gasteiger partial charge is 0.320 e. The summed E-state index contributed by atoms with van der Waals surface area (Å²) < 4.78 is 17.0. The number of nitrogens with one attached hydrogen (secondary N) is 1. The van der Waals surface area contributed by atoms with Crippen LogP contribution in [-0.4, -0.2) is 25.2 Å². The van der Waals surface area contributed by atoms with Crippen LogP contribution >= 0.6 is 0 Å². The minimum atomic E-state index is -0.531. The van der Waals surface area contributed by atoms with E-state index in [-0.39, 0.29) is 16.9 Å². The quantitative estimate of drug-likeness (QED) is 0.793. The molecule has 24 heavy (non-hydrogen) atoms. The number of anilines is 1. The van der Waals surface area contributed by atoms with Crippen LogP contribution in [0.5, 0.6) is 0 Å². The maximum atomic E-state index is 14.3. The normalized spacial score (nSPS) is 10.6. The van der Waals surface area contributed by atoms with E-state index in [2.05, 4.69) is 15.4 Å². The first-order chi connectivity index (χ1) is 11.5. The van der Waals surface area contributed by atoms with Crippen LogP contribution in [0.25, 0.3) is 5.69 Å². The SMILES string of the molecule is Cc1nccn1-c1ccc(NC(=O)c2ccc(=O)n(C)n2)cc1F. The number of benzene rings is 1. The molecule has 2 aromatic heterocycles. The minimum absolute atomic E-state index is 0.0621. The molecule has 3 aromatic rings. The molecular weight excluding hydrogens is 313 g/mol. The Balaban J connectivity index is 1.84. The van der Waals surface area contributed by atoms with Crippen LogP contribution in [0.2, 0.25) is 0 Å². The second-order valence-corrected chi connectivity index (χ2v) is 5.15. The molecule has 8 heteroatoms. The topological polar surface area (TPSA) is 81.8 Å². The van der Waals surface area contributed by atoms with E-state index in [9.17, 15) is 14.0 Å². The van der Waals surface area contributed by atoms with Crippen molar-refractivity contribution in [3.63, 3.8) is 0 Å². The molecule has 1 N–H and O–H groups in total. The van der Waals surface area contributed by atoms with Gasteiger partial charge in [0.1, 0.15) is 17.3 Å². The van der Waals surface area contributed by atoms with Gasteiger partial charge < -0.3 is 9.88 Å². The average Bonchev–Trinajstić information content (AvgIpc) is 2.96. The first-order valence-corrected chi connectivity index (χ1v) is 7.11. The van der Waals surface area contributed by atoms with Crippen molar-refractivity contribution in [2.75, 3.05) is 5.32 Å². The second-order valence-electron chi connectivity index (χ2n) is 5.15. The van der Waals surface area contributed by atoms with E-state index in [1.54, 1.807) is 36.0 Å². The van der Waals surface area contributed by atoms with E-state index in [4.69, 9.17) is 0 Å². The van der Waals surface area contributed by atoms with Crippen molar-refractivity contribution in [3.05, 3.63) is 70.4 Å². The highest BCUT2D eigenvalue weighted by Gasteiger charge is 2.12. The molecule has 0 aliphatic carbocycles. The summed E-state index contributed by atoms with van der Waals surface area (Å²) >= 11 is 0. The second kappa shape index (κ2) is 6.07. The van der Waals surface area contributed by atoms with Crippen LogP contribution in [0.4, 0.5) is 10.1 Å². The molecular formula is C16H14FN5O2. The molecule has 1 amide bonds. The first kappa shape index (κ1) is 15.6. The van der Waals surface area contributed by atoms with Gasteiger partial charge in [-0.1, -0.05) is 0 Å². The molecule has 0 saturated carbocycles. The zero-order chi connectivity index (χ0) is 17.3. The summed E-state index contributed by atoms with van der Waals surface area (Å²) in [5, 5.41) is 6.40. The number of rotatable bonds is 3. The molecule has 1 aromatic carbocycles. The van der Waals surface area contributed by atoms with Crippen LogP contribution in [0.15, 0.2) is 47.5 Å². The molecule has 3 rings (SSSR count). The van der Waals surface area contributed by atoms with Gasteiger partial charge >= 0.3 is 0 Å². The van der Waals surface area contributed by atoms with Crippen molar-refractivity contribution in [3.8, 4) is 5.69 Å². The molecule has 122 valence electrons. The number of hydrogen-bond acceptors (Lipinski definition) is 4. The average molecular weight is 327 g/mol. The zero-order valence-electron chi connectivity index (χ0n) is 13.0. The molecule has 0 radical (unpaired) electrons. The highest BCUT2D eigenvalue weighted by atomic mass is 19.1. The lowest BCUT2D eigenvalue weighted by Gasteiger charge is -2.10. The smallest absolute Gasteiger partial charge is 0.276 e. The Morgan fingerprint density at radius 2 is 2.04 bits per heavy atom. The Morgan fingerprint density at radius 1 is 1.25 bits per heavy atom. The van der Waals surface area contributed by atoms with Gasteiger partial charge in [0.05, 0.1) is 5.69 Å². The summed E-state index contributed by atoms with van der Waals surface area (Å²) in [7, 11) is 1.45. The maximum Gasteiger partial charge on any atom is 0.276 e. The number of hydrogen-bond donors (Lipinski definition) is 1. The van der Waals surface area contributed by atoms with Gasteiger partial charge in [-0.2, -0.15) is 5.10 Å². The van der Waals surface area contributed by atoms with Crippen molar-refractivity contribution >= 4 is 11.6 Å². The lowest BCUT2D eigenvalue weighted by atomic mass is 10.2. The standard InChI is InChI=1S/C16H14FN5O2/c1-10-18-7-8-22(10)14-5-3-11(9-12(14)17)19-16(24)13-4-6-15(23)21(2)20-13/h3-9H,1-2H3,(H,19,24). The zero-order valence-corrected chi connectivity index (χ0v) is 13.0. The van der Waals surface area contributed by atoms with Gasteiger partial charge in [-0.25, -0.2) is 14.1 Å². The lowest BCUT2D eigenvalue weighted by Crippen LogP contribution is -2.23. The predicted molar refractivity (Wildman–Crippen MR) is 85.7 cm³/mol. The van der Waals surface area contributed by atoms with Crippen LogP contribution in [-0.2, 0) is 7.05 Å². The molecule has 7 nitrogen and oxygen atoms in total. The Morgan fingerprint density at radius 3 is 2.67 bits per heavy atom. The first-order valence-electron chi connectivity index (χ1n) is 7.11. The van der Waals surface area contributed by atoms with E-state index < -0.39 is 11.7 Å². The van der Waals surface area contributed by atoms with Crippen molar-refractivity contribution < 1.29 is 9.18 Å². The highest BCUT2D eigenvalue weighted by Crippen LogP contribution is 2.19. The number of nitrogens with zero attached hydrogens (tertiary/aromatic N) is 4. The van der Waals surface area contributed by atoms with E-state index in [0.29, 0.717) is 11.5 Å². The van der Waals surface area contributed by atoms with Crippen molar-refractivity contribution in [1.29, 1.82) is 0 Å². The fourth-order valence-electron chi connectivity index (χ4n) is 2.23. The minimum Gasteiger partial charge on any atom is -0.320 e. The predicted octanol–water partition coefficient (Wildman–Crippen LogP) is 1.67. The van der Waals surface area contributed by atoms with Crippen LogP contribution in [0.3, 0.4) is 0 Å². The van der Waals surface area contributed by atoms with E-state index in [0.717, 1.165) is 4.68 Å². The summed E-state index contributed by atoms with van der Waals surface area (Å²) in [5.41, 5.74) is 0.364. The monoisotopic (exact) mass is 327 g/mol. The third kappa shape index (κ3) is 2.94. The van der Waals surface area contributed by atoms with Crippen LogP contribution in [0.1, 0.15) is 16.3 Å². The molecule has 0 spiro atoms. The molecule has 0 aliphatic heterocycles. The summed E-state index contributed by atoms with van der Waals surface area (Å²) in [4.78, 5) is 27.5. The molecule has 0 aliphatic rings. The number of halogens is 1. The van der Waals surface area contributed by atoms with E-state index in [1.165, 1.54) is 25.2 Å². The maximum absolute atomic E-state index is 14.3. The van der Waals surface area contributed by atoms with Crippen molar-refractivity contribution in [2.24, 2.45) is 7.05 Å². The molecule has 0 atom stereocenters. The molecule has 0 bridgehead atoms. The number of carbonyl (C=O) groups is 1. The fraction of sp³-hybridized carbons (Fsp3) is 0.125. The lowest BCUT2D eigenvalue weighted by molar-refractivity contribution is 0.102. The van der Waals surface area contributed by atoms with E-state index in [1.807, 2.05) is 0 Å². The van der Waals surface area contributed by atoms with Crippen molar-refractivity contribution in [2.45, 2.75) is 6.92 Å². The van der Waals surface area contributed by atoms with Gasteiger partial charge in [0, 0.05) is 31.2 Å². The van der Waals surface area contributed by atoms with Gasteiger partial charge in [-0.05, 0) is 31.2 Å². The number of aromatic nitrogens is 4. The van der Waals surface area contributed by atoms with Gasteiger partial charge in [-0.15, -0.1) is 0 Å². The van der Waals surface area contributed by atoms with Gasteiger partial charge in [0.15, 0.2) is 0 Å². The van der Waals surface area contributed by atoms with Crippen LogP contribution in [0, 0.1) is 12.7 Å². The molecule has 0 unspecified atom stereocenters. The summed E-state index contributed by atoms with van der Waals surface area (Å²) in [6, 6.07) is 6.91. The Kier molecular flexibility index (Phi) is 3.95. The summed E-state index contributed by atoms with van der Waals surface area (Å²) in [6.45, 7) is 1.76. The Labute approximate surface area is 136 Å². The van der Waals surface area contributed by atoms with Crippen molar-refractivity contribution in [1.82, 2.24) is 19.3 Å². The van der Waals surface area contributed by atoms with Gasteiger partial charge in [-0.3, -0.25) is 9.59 Å². The number of imidazole rings is 1. The number of aryl methyl sites for hydroxylation is 2. The number of carbonyl (C=O) groups excluding carboxylic acids is 1. The molecule has 2 heterocycles. The number of amides is 1.